The van der Waals surface area contributed by atoms with E-state index < -0.39 is 18.2 Å². The van der Waals surface area contributed by atoms with Crippen LogP contribution in [0.4, 0.5) is 9.52 Å². The molecule has 0 aliphatic heterocycles. The number of thiazole rings is 1. The van der Waals surface area contributed by atoms with E-state index in [0.29, 0.717) is 11.4 Å². The molecule has 0 amide bonds. The summed E-state index contributed by atoms with van der Waals surface area (Å²) in [6, 6.07) is 0. The van der Waals surface area contributed by atoms with Gasteiger partial charge in [-0.15, -0.1) is 0 Å². The van der Waals surface area contributed by atoms with Gasteiger partial charge in [-0.05, 0) is 0 Å². The Bertz CT molecular complexity index is 362. The number of hydrogen-bond donors (Lipinski definition) is 4. The molecule has 0 saturated carbocycles. The number of carbonyl (C=O) groups is 2. The molecule has 1 heterocycles. The monoisotopic (exact) mass is 252 g/mol. The van der Waals surface area contributed by atoms with Crippen molar-refractivity contribution in [2.24, 2.45) is 0 Å². The van der Waals surface area contributed by atoms with Crippen molar-refractivity contribution in [3.05, 3.63) is 10.8 Å². The Labute approximate surface area is 93.2 Å². The molecule has 0 bridgehead atoms. The van der Waals surface area contributed by atoms with Crippen molar-refractivity contribution in [1.82, 2.24) is 4.98 Å². The lowest BCUT2D eigenvalue weighted by molar-refractivity contribution is -0.277. The van der Waals surface area contributed by atoms with Crippen LogP contribution in [0.15, 0.2) is 0 Å². The highest BCUT2D eigenvalue weighted by molar-refractivity contribution is 7.17. The van der Waals surface area contributed by atoms with Crippen LogP contribution >= 0.6 is 11.3 Å². The second kappa shape index (κ2) is 6.23. The molecule has 0 aliphatic rings. The van der Waals surface area contributed by atoms with E-state index in [1.54, 1.807) is 7.05 Å². The number of carbonyl (C=O) groups excluding carboxylic acids is 2. The third-order valence-corrected chi connectivity index (χ3v) is 2.06. The van der Waals surface area contributed by atoms with E-state index >= 15 is 0 Å². The Kier molecular flexibility index (Phi) is 5.67. The number of aliphatic hydroxyl groups is 3. The van der Waals surface area contributed by atoms with Crippen molar-refractivity contribution in [1.29, 1.82) is 0 Å². The number of hydrogen-bond acceptors (Lipinski definition) is 8. The minimum atomic E-state index is -3.14. The second-order valence-corrected chi connectivity index (χ2v) is 3.38. The summed E-state index contributed by atoms with van der Waals surface area (Å²) >= 11 is 0.994. The summed E-state index contributed by atoms with van der Waals surface area (Å²) in [7, 11) is 1.62. The smallest absolute Gasteiger partial charge is 0.336 e. The van der Waals surface area contributed by atoms with Gasteiger partial charge >= 0.3 is 5.97 Å². The van der Waals surface area contributed by atoms with Gasteiger partial charge in [0.25, 0.3) is 0 Å². The molecule has 1 rings (SSSR count). The lowest BCUT2D eigenvalue weighted by Crippen LogP contribution is -2.28. The summed E-state index contributed by atoms with van der Waals surface area (Å²) in [6.07, 6.45) is 0.0564. The fourth-order valence-electron chi connectivity index (χ4n) is 0.493. The largest absolute Gasteiger partial charge is 0.364 e. The van der Waals surface area contributed by atoms with Crippen LogP contribution < -0.4 is 5.32 Å². The molecule has 0 radical (unpaired) electrons. The molecular formula is C7H9FN2O5S. The van der Waals surface area contributed by atoms with Crippen LogP contribution in [0.5, 0.6) is 0 Å². The zero-order chi connectivity index (χ0) is 12.8. The molecule has 9 heteroatoms. The minimum Gasteiger partial charge on any atom is -0.364 e. The van der Waals surface area contributed by atoms with Crippen molar-refractivity contribution in [3.8, 4) is 0 Å². The number of nitrogens with one attached hydrogen (secondary N) is 1. The first-order valence-electron chi connectivity index (χ1n) is 3.76. The molecule has 1 aromatic rings. The first kappa shape index (κ1) is 14.6. The maximum atomic E-state index is 12.4. The van der Waals surface area contributed by atoms with Gasteiger partial charge in [-0.1, -0.05) is 11.3 Å². The van der Waals surface area contributed by atoms with Crippen molar-refractivity contribution in [2.45, 2.75) is 5.97 Å². The molecule has 7 nitrogen and oxygen atoms in total. The van der Waals surface area contributed by atoms with Crippen LogP contribution in [-0.4, -0.2) is 45.9 Å². The van der Waals surface area contributed by atoms with Gasteiger partial charge in [-0.25, -0.2) is 0 Å². The summed E-state index contributed by atoms with van der Waals surface area (Å²) in [5.41, 5.74) is 0. The molecule has 0 aliphatic carbocycles. The van der Waals surface area contributed by atoms with Crippen LogP contribution in [0.25, 0.3) is 0 Å². The lowest BCUT2D eigenvalue weighted by Gasteiger charge is -1.99. The fraction of sp³-hybridized carbons (Fsp3) is 0.286. The van der Waals surface area contributed by atoms with Gasteiger partial charge in [0.1, 0.15) is 4.88 Å². The third-order valence-electron chi connectivity index (χ3n) is 1.09. The number of anilines is 1. The SMILES string of the molecule is CNc1nc(F)c(C=O)s1.O=CC(O)(O)O. The van der Waals surface area contributed by atoms with E-state index in [1.165, 1.54) is 0 Å². The molecule has 0 fully saturated rings. The molecule has 16 heavy (non-hydrogen) atoms. The first-order valence-corrected chi connectivity index (χ1v) is 4.58. The van der Waals surface area contributed by atoms with E-state index in [9.17, 15) is 9.18 Å². The highest BCUT2D eigenvalue weighted by Gasteiger charge is 2.13. The zero-order valence-corrected chi connectivity index (χ0v) is 8.86. The number of rotatable bonds is 3. The first-order chi connectivity index (χ1) is 7.34. The van der Waals surface area contributed by atoms with Gasteiger partial charge in [-0.2, -0.15) is 9.37 Å². The topological polar surface area (TPSA) is 120 Å². The maximum absolute atomic E-state index is 12.4. The highest BCUT2D eigenvalue weighted by atomic mass is 32.1. The minimum absolute atomic E-state index is 0.0318. The van der Waals surface area contributed by atoms with E-state index in [1.807, 2.05) is 0 Å². The molecule has 0 saturated heterocycles. The average molecular weight is 252 g/mol. The number of aromatic nitrogens is 1. The summed E-state index contributed by atoms with van der Waals surface area (Å²) in [5.74, 6) is -3.84. The molecule has 4 N–H and O–H groups in total. The van der Waals surface area contributed by atoms with Crippen molar-refractivity contribution in [3.63, 3.8) is 0 Å². The quantitative estimate of drug-likeness (QED) is 0.400. The van der Waals surface area contributed by atoms with Gasteiger partial charge in [0, 0.05) is 7.05 Å². The predicted octanol–water partition coefficient (Wildman–Crippen LogP) is -1.05. The van der Waals surface area contributed by atoms with E-state index in [-0.39, 0.29) is 4.88 Å². The summed E-state index contributed by atoms with van der Waals surface area (Å²) in [6.45, 7) is 0. The van der Waals surface area contributed by atoms with Gasteiger partial charge in [0.15, 0.2) is 11.4 Å². The van der Waals surface area contributed by atoms with Crippen LogP contribution in [-0.2, 0) is 4.79 Å². The number of nitrogens with zero attached hydrogens (tertiary/aromatic N) is 1. The van der Waals surface area contributed by atoms with Crippen LogP contribution in [0.2, 0.25) is 0 Å². The maximum Gasteiger partial charge on any atom is 0.336 e. The second-order valence-electron chi connectivity index (χ2n) is 2.35. The Morgan fingerprint density at radius 3 is 2.12 bits per heavy atom. The van der Waals surface area contributed by atoms with E-state index in [2.05, 4.69) is 10.3 Å². The molecule has 90 valence electrons. The van der Waals surface area contributed by atoms with Crippen LogP contribution in [0.1, 0.15) is 9.67 Å². The molecule has 0 unspecified atom stereocenters. The number of aldehydes is 2. The van der Waals surface area contributed by atoms with Crippen molar-refractivity contribution >= 4 is 29.0 Å². The van der Waals surface area contributed by atoms with Gasteiger partial charge < -0.3 is 20.6 Å². The number of halogens is 1. The normalized spacial score (nSPS) is 10.1. The van der Waals surface area contributed by atoms with Gasteiger partial charge in [-0.3, -0.25) is 9.59 Å². The van der Waals surface area contributed by atoms with Crippen LogP contribution in [0, 0.1) is 5.95 Å². The van der Waals surface area contributed by atoms with Gasteiger partial charge in [0.2, 0.25) is 12.2 Å². The Morgan fingerprint density at radius 1 is 1.44 bits per heavy atom. The Morgan fingerprint density at radius 2 is 1.94 bits per heavy atom. The highest BCUT2D eigenvalue weighted by Crippen LogP contribution is 2.18. The summed E-state index contributed by atoms with van der Waals surface area (Å²) in [5, 5.41) is 25.8. The third kappa shape index (κ3) is 5.46. The molecular weight excluding hydrogens is 243 g/mol. The fourth-order valence-corrected chi connectivity index (χ4v) is 1.11. The van der Waals surface area contributed by atoms with Crippen LogP contribution in [0.3, 0.4) is 0 Å². The standard InChI is InChI=1S/C5H5FN2OS.C2H4O4/c1-7-5-8-4(6)3(2-9)10-5;3-1-2(4,5)6/h2H,1H3,(H,7,8);1,4-6H. The lowest BCUT2D eigenvalue weighted by atomic mass is 10.6. The van der Waals surface area contributed by atoms with E-state index in [0.717, 1.165) is 11.3 Å². The van der Waals surface area contributed by atoms with Crippen molar-refractivity contribution < 1.29 is 29.3 Å². The molecule has 0 atom stereocenters. The molecule has 1 aromatic heterocycles. The van der Waals surface area contributed by atoms with Crippen molar-refractivity contribution in [2.75, 3.05) is 12.4 Å². The Hall–Kier alpha value is -1.42. The zero-order valence-electron chi connectivity index (χ0n) is 8.05. The molecule has 0 aromatic carbocycles. The average Bonchev–Trinajstić information content (AvgIpc) is 2.59. The molecule has 0 spiro atoms. The summed E-state index contributed by atoms with van der Waals surface area (Å²) < 4.78 is 12.4. The van der Waals surface area contributed by atoms with Gasteiger partial charge in [0.05, 0.1) is 0 Å². The predicted molar refractivity (Wildman–Crippen MR) is 52.5 cm³/mol. The summed E-state index contributed by atoms with van der Waals surface area (Å²) in [4.78, 5) is 22.6. The van der Waals surface area contributed by atoms with E-state index in [4.69, 9.17) is 20.1 Å². The Balaban J connectivity index is 0.000000325.